The second kappa shape index (κ2) is 6.98. The number of benzene rings is 2. The van der Waals surface area contributed by atoms with Crippen LogP contribution in [0.15, 0.2) is 48.5 Å². The van der Waals surface area contributed by atoms with Crippen LogP contribution in [0.25, 0.3) is 0 Å². The summed E-state index contributed by atoms with van der Waals surface area (Å²) in [5.41, 5.74) is 1.37. The summed E-state index contributed by atoms with van der Waals surface area (Å²) in [6.45, 7) is 0.328. The van der Waals surface area contributed by atoms with Gasteiger partial charge in [-0.3, -0.25) is 4.79 Å². The summed E-state index contributed by atoms with van der Waals surface area (Å²) in [5.74, 6) is -0.254. The first-order valence-electron chi connectivity index (χ1n) is 5.99. The van der Waals surface area contributed by atoms with Gasteiger partial charge in [-0.2, -0.15) is 0 Å². The van der Waals surface area contributed by atoms with Crippen molar-refractivity contribution in [1.82, 2.24) is 5.32 Å². The molecule has 2 nitrogen and oxygen atoms in total. The molecule has 0 saturated heterocycles. The molecule has 0 bridgehead atoms. The Hall–Kier alpha value is -1.22. The molecule has 2 rings (SSSR count). The highest BCUT2D eigenvalue weighted by Gasteiger charge is 2.11. The summed E-state index contributed by atoms with van der Waals surface area (Å²) < 4.78 is 0. The zero-order valence-electron chi connectivity index (χ0n) is 10.4. The van der Waals surface area contributed by atoms with Crippen molar-refractivity contribution < 1.29 is 4.79 Å². The van der Waals surface area contributed by atoms with Gasteiger partial charge in [-0.1, -0.05) is 53.5 Å². The van der Waals surface area contributed by atoms with E-state index in [-0.39, 0.29) is 11.3 Å². The van der Waals surface area contributed by atoms with Crippen LogP contribution in [0, 0.1) is 0 Å². The Labute approximate surface area is 132 Å². The maximum Gasteiger partial charge on any atom is 0.251 e. The van der Waals surface area contributed by atoms with Crippen LogP contribution in [-0.2, 0) is 0 Å². The van der Waals surface area contributed by atoms with Crippen LogP contribution >= 0.6 is 34.8 Å². The number of hydrogen-bond donors (Lipinski definition) is 1. The summed E-state index contributed by atoms with van der Waals surface area (Å²) >= 11 is 18.0. The summed E-state index contributed by atoms with van der Waals surface area (Å²) in [6.07, 6.45) is 0. The monoisotopic (exact) mass is 327 g/mol. The van der Waals surface area contributed by atoms with Crippen LogP contribution < -0.4 is 5.32 Å². The lowest BCUT2D eigenvalue weighted by atomic mass is 10.1. The molecule has 0 aliphatic rings. The minimum absolute atomic E-state index is 0.254. The van der Waals surface area contributed by atoms with E-state index in [9.17, 15) is 4.79 Å². The predicted octanol–water partition coefficient (Wildman–Crippen LogP) is 4.70. The molecule has 0 aromatic heterocycles. The van der Waals surface area contributed by atoms with Gasteiger partial charge < -0.3 is 5.32 Å². The molecule has 0 saturated carbocycles. The molecule has 1 N–H and O–H groups in total. The van der Waals surface area contributed by atoms with E-state index in [1.165, 1.54) is 0 Å². The molecule has 2 aromatic rings. The number of amides is 1. The fourth-order valence-electron chi connectivity index (χ4n) is 1.75. The van der Waals surface area contributed by atoms with E-state index >= 15 is 0 Å². The number of nitrogens with one attached hydrogen (secondary N) is 1. The minimum atomic E-state index is -0.283. The molecule has 0 aliphatic heterocycles. The molecule has 0 fully saturated rings. The molecule has 0 radical (unpaired) electrons. The third-order valence-electron chi connectivity index (χ3n) is 2.73. The number of carbonyl (C=O) groups is 1. The highest BCUT2D eigenvalue weighted by molar-refractivity contribution is 6.35. The smallest absolute Gasteiger partial charge is 0.251 e. The SMILES string of the molecule is O=C(NCC(Cl)c1ccccc1)c1cc(Cl)cc(Cl)c1. The molecule has 0 spiro atoms. The van der Waals surface area contributed by atoms with E-state index in [1.54, 1.807) is 18.2 Å². The van der Waals surface area contributed by atoms with Gasteiger partial charge in [0.15, 0.2) is 0 Å². The third-order valence-corrected chi connectivity index (χ3v) is 3.57. The van der Waals surface area contributed by atoms with Gasteiger partial charge in [0.25, 0.3) is 5.91 Å². The molecule has 20 heavy (non-hydrogen) atoms. The summed E-state index contributed by atoms with van der Waals surface area (Å²) in [6, 6.07) is 14.3. The lowest BCUT2D eigenvalue weighted by Gasteiger charge is -2.11. The van der Waals surface area contributed by atoms with Crippen LogP contribution in [0.2, 0.25) is 10.0 Å². The molecule has 104 valence electrons. The molecule has 1 amide bonds. The van der Waals surface area contributed by atoms with Gasteiger partial charge in [0, 0.05) is 22.2 Å². The molecular weight excluding hydrogens is 317 g/mol. The topological polar surface area (TPSA) is 29.1 Å². The zero-order valence-corrected chi connectivity index (χ0v) is 12.7. The Morgan fingerprint density at radius 2 is 1.65 bits per heavy atom. The average Bonchev–Trinajstić information content (AvgIpc) is 2.44. The normalized spacial score (nSPS) is 11.9. The van der Waals surface area contributed by atoms with Gasteiger partial charge in [0.1, 0.15) is 0 Å². The molecule has 0 heterocycles. The second-order valence-corrected chi connectivity index (χ2v) is 5.65. The van der Waals surface area contributed by atoms with Crippen molar-refractivity contribution in [3.63, 3.8) is 0 Å². The standard InChI is InChI=1S/C15H12Cl3NO/c16-12-6-11(7-13(17)8-12)15(20)19-9-14(18)10-4-2-1-3-5-10/h1-8,14H,9H2,(H,19,20). The maximum atomic E-state index is 12.0. The Bertz CT molecular complexity index is 581. The zero-order chi connectivity index (χ0) is 14.5. The first-order valence-corrected chi connectivity index (χ1v) is 7.19. The first-order chi connectivity index (χ1) is 9.56. The second-order valence-electron chi connectivity index (χ2n) is 4.25. The average molecular weight is 329 g/mol. The molecule has 5 heteroatoms. The highest BCUT2D eigenvalue weighted by Crippen LogP contribution is 2.21. The Balaban J connectivity index is 1.98. The van der Waals surface area contributed by atoms with E-state index in [2.05, 4.69) is 5.32 Å². The van der Waals surface area contributed by atoms with Gasteiger partial charge in [-0.05, 0) is 23.8 Å². The van der Waals surface area contributed by atoms with E-state index < -0.39 is 0 Å². The number of alkyl halides is 1. The fraction of sp³-hybridized carbons (Fsp3) is 0.133. The lowest BCUT2D eigenvalue weighted by molar-refractivity contribution is 0.0953. The van der Waals surface area contributed by atoms with E-state index in [0.29, 0.717) is 22.2 Å². The Morgan fingerprint density at radius 3 is 2.25 bits per heavy atom. The van der Waals surface area contributed by atoms with E-state index in [1.807, 2.05) is 30.3 Å². The Morgan fingerprint density at radius 1 is 1.05 bits per heavy atom. The van der Waals surface area contributed by atoms with Crippen LogP contribution in [-0.4, -0.2) is 12.5 Å². The van der Waals surface area contributed by atoms with Gasteiger partial charge in [-0.25, -0.2) is 0 Å². The van der Waals surface area contributed by atoms with E-state index in [0.717, 1.165) is 5.56 Å². The van der Waals surface area contributed by atoms with Gasteiger partial charge >= 0.3 is 0 Å². The minimum Gasteiger partial charge on any atom is -0.350 e. The first kappa shape index (κ1) is 15.2. The molecule has 2 aromatic carbocycles. The Kier molecular flexibility index (Phi) is 5.30. The number of carbonyl (C=O) groups excluding carboxylic acids is 1. The third kappa shape index (κ3) is 4.14. The largest absolute Gasteiger partial charge is 0.350 e. The van der Waals surface area contributed by atoms with Crippen molar-refractivity contribution in [3.05, 3.63) is 69.7 Å². The summed E-state index contributed by atoms with van der Waals surface area (Å²) in [7, 11) is 0. The van der Waals surface area contributed by atoms with Crippen molar-refractivity contribution >= 4 is 40.7 Å². The number of hydrogen-bond acceptors (Lipinski definition) is 1. The van der Waals surface area contributed by atoms with Crippen molar-refractivity contribution in [2.24, 2.45) is 0 Å². The number of rotatable bonds is 4. The van der Waals surface area contributed by atoms with Gasteiger partial charge in [0.05, 0.1) is 5.38 Å². The fourth-order valence-corrected chi connectivity index (χ4v) is 2.50. The van der Waals surface area contributed by atoms with Crippen LogP contribution in [0.1, 0.15) is 21.3 Å². The van der Waals surface area contributed by atoms with Crippen molar-refractivity contribution in [3.8, 4) is 0 Å². The molecule has 0 aliphatic carbocycles. The van der Waals surface area contributed by atoms with Crippen molar-refractivity contribution in [1.29, 1.82) is 0 Å². The van der Waals surface area contributed by atoms with Crippen LogP contribution in [0.3, 0.4) is 0 Å². The van der Waals surface area contributed by atoms with Crippen molar-refractivity contribution in [2.45, 2.75) is 5.38 Å². The summed E-state index contributed by atoms with van der Waals surface area (Å²) in [5, 5.41) is 3.33. The quantitative estimate of drug-likeness (QED) is 0.810. The molecule has 1 unspecified atom stereocenters. The van der Waals surface area contributed by atoms with Crippen LogP contribution in [0.4, 0.5) is 0 Å². The maximum absolute atomic E-state index is 12.0. The van der Waals surface area contributed by atoms with E-state index in [4.69, 9.17) is 34.8 Å². The van der Waals surface area contributed by atoms with Gasteiger partial charge in [0.2, 0.25) is 0 Å². The van der Waals surface area contributed by atoms with Gasteiger partial charge in [-0.15, -0.1) is 11.6 Å². The summed E-state index contributed by atoms with van der Waals surface area (Å²) in [4.78, 5) is 12.0. The van der Waals surface area contributed by atoms with Crippen LogP contribution in [0.5, 0.6) is 0 Å². The molecule has 1 atom stereocenters. The van der Waals surface area contributed by atoms with Crippen molar-refractivity contribution in [2.75, 3.05) is 6.54 Å². The lowest BCUT2D eigenvalue weighted by Crippen LogP contribution is -2.26. The number of halogens is 3. The molecular formula is C15H12Cl3NO. The highest BCUT2D eigenvalue weighted by atomic mass is 35.5. The predicted molar refractivity (Wildman–Crippen MR) is 83.8 cm³/mol.